The SMILES string of the molecule is COc1cc(C)cc2cc(-c3cc(CN4CCC(C)(N)C4)n4ncnc(N)c34)sc12. The fourth-order valence-corrected chi connectivity index (χ4v) is 5.58. The Balaban J connectivity index is 1.64. The van der Waals surface area contributed by atoms with Gasteiger partial charge in [-0.15, -0.1) is 11.3 Å². The van der Waals surface area contributed by atoms with Gasteiger partial charge in [0.05, 0.1) is 17.5 Å². The van der Waals surface area contributed by atoms with Crippen molar-refractivity contribution in [3.63, 3.8) is 0 Å². The quantitative estimate of drug-likeness (QED) is 0.523. The monoisotopic (exact) mass is 422 g/mol. The van der Waals surface area contributed by atoms with Crippen LogP contribution < -0.4 is 16.2 Å². The van der Waals surface area contributed by atoms with Crippen molar-refractivity contribution in [2.75, 3.05) is 25.9 Å². The molecule has 0 amide bonds. The molecular formula is C22H26N6OS. The average Bonchev–Trinajstić information content (AvgIpc) is 3.37. The largest absolute Gasteiger partial charge is 0.495 e. The van der Waals surface area contributed by atoms with Crippen LogP contribution in [0.3, 0.4) is 0 Å². The maximum Gasteiger partial charge on any atom is 0.152 e. The van der Waals surface area contributed by atoms with Gasteiger partial charge in [0.2, 0.25) is 0 Å². The average molecular weight is 423 g/mol. The number of aryl methyl sites for hydroxylation is 1. The third-order valence-electron chi connectivity index (χ3n) is 5.84. The molecule has 0 bridgehead atoms. The van der Waals surface area contributed by atoms with E-state index in [1.54, 1.807) is 18.4 Å². The lowest BCUT2D eigenvalue weighted by Crippen LogP contribution is -2.39. The zero-order valence-corrected chi connectivity index (χ0v) is 18.3. The maximum atomic E-state index is 6.33. The van der Waals surface area contributed by atoms with E-state index in [9.17, 15) is 0 Å². The Morgan fingerprint density at radius 1 is 1.27 bits per heavy atom. The molecule has 8 heteroatoms. The molecule has 7 nitrogen and oxygen atoms in total. The van der Waals surface area contributed by atoms with Crippen LogP contribution in [0, 0.1) is 6.92 Å². The Labute approximate surface area is 179 Å². The smallest absolute Gasteiger partial charge is 0.152 e. The van der Waals surface area contributed by atoms with Crippen molar-refractivity contribution in [2.45, 2.75) is 32.4 Å². The minimum atomic E-state index is -0.135. The van der Waals surface area contributed by atoms with Crippen LogP contribution in [-0.4, -0.2) is 45.2 Å². The molecule has 5 rings (SSSR count). The number of likely N-dealkylation sites (tertiary alicyclic amines) is 1. The predicted molar refractivity (Wildman–Crippen MR) is 122 cm³/mol. The van der Waals surface area contributed by atoms with E-state index < -0.39 is 0 Å². The van der Waals surface area contributed by atoms with Gasteiger partial charge in [-0.25, -0.2) is 9.50 Å². The summed E-state index contributed by atoms with van der Waals surface area (Å²) in [6.07, 6.45) is 2.51. The molecule has 4 heterocycles. The van der Waals surface area contributed by atoms with Crippen molar-refractivity contribution >= 4 is 32.8 Å². The molecule has 1 saturated heterocycles. The molecule has 0 spiro atoms. The Hall–Kier alpha value is -2.68. The van der Waals surface area contributed by atoms with Crippen LogP contribution in [0.2, 0.25) is 0 Å². The van der Waals surface area contributed by atoms with E-state index >= 15 is 0 Å². The third-order valence-corrected chi connectivity index (χ3v) is 7.04. The molecule has 4 aromatic rings. The Kier molecular flexibility index (Phi) is 4.46. The highest BCUT2D eigenvalue weighted by Crippen LogP contribution is 2.42. The van der Waals surface area contributed by atoms with E-state index in [1.165, 1.54) is 17.3 Å². The normalized spacial score (nSPS) is 19.9. The molecule has 1 unspecified atom stereocenters. The lowest BCUT2D eigenvalue weighted by atomic mass is 10.0. The van der Waals surface area contributed by atoms with E-state index in [2.05, 4.69) is 53.1 Å². The molecule has 0 radical (unpaired) electrons. The van der Waals surface area contributed by atoms with Crippen LogP contribution in [0.1, 0.15) is 24.6 Å². The lowest BCUT2D eigenvalue weighted by Gasteiger charge is -2.19. The summed E-state index contributed by atoms with van der Waals surface area (Å²) in [6, 6.07) is 8.65. The lowest BCUT2D eigenvalue weighted by molar-refractivity contribution is 0.304. The van der Waals surface area contributed by atoms with Gasteiger partial charge in [0.15, 0.2) is 5.82 Å². The maximum absolute atomic E-state index is 6.33. The first-order chi connectivity index (χ1) is 14.3. The van der Waals surface area contributed by atoms with Crippen molar-refractivity contribution in [1.82, 2.24) is 19.5 Å². The van der Waals surface area contributed by atoms with Crippen LogP contribution in [0.4, 0.5) is 5.82 Å². The summed E-state index contributed by atoms with van der Waals surface area (Å²) in [5, 5.41) is 5.68. The second-order valence-electron chi connectivity index (χ2n) is 8.57. The summed E-state index contributed by atoms with van der Waals surface area (Å²) in [4.78, 5) is 7.76. The van der Waals surface area contributed by atoms with Crippen molar-refractivity contribution < 1.29 is 4.74 Å². The second kappa shape index (κ2) is 6.94. The standard InChI is InChI=1S/C22H26N6OS/c1-13-6-14-8-18(30-20(14)17(7-13)29-3)16-9-15(10-27-5-4-22(2,24)11-27)28-19(16)21(23)25-12-26-28/h6-9,12H,4-5,10-11,24H2,1-3H3,(H2,23,25,26). The number of fused-ring (bicyclic) bond motifs is 2. The van der Waals surface area contributed by atoms with Gasteiger partial charge in [0, 0.05) is 35.6 Å². The van der Waals surface area contributed by atoms with Gasteiger partial charge in [-0.05, 0) is 49.4 Å². The molecule has 1 fully saturated rings. The molecular weight excluding hydrogens is 396 g/mol. The first kappa shape index (κ1) is 19.3. The minimum Gasteiger partial charge on any atom is -0.495 e. The number of anilines is 1. The van der Waals surface area contributed by atoms with Crippen molar-refractivity contribution in [3.05, 3.63) is 41.9 Å². The topological polar surface area (TPSA) is 94.7 Å². The van der Waals surface area contributed by atoms with Gasteiger partial charge < -0.3 is 16.2 Å². The minimum absolute atomic E-state index is 0.135. The first-order valence-corrected chi connectivity index (χ1v) is 10.9. The van der Waals surface area contributed by atoms with Crippen molar-refractivity contribution in [3.8, 4) is 16.2 Å². The number of rotatable bonds is 4. The fourth-order valence-electron chi connectivity index (χ4n) is 4.43. The summed E-state index contributed by atoms with van der Waals surface area (Å²) < 4.78 is 8.68. The number of hydrogen-bond acceptors (Lipinski definition) is 7. The molecule has 1 aromatic carbocycles. The zero-order chi connectivity index (χ0) is 21.0. The van der Waals surface area contributed by atoms with E-state index in [-0.39, 0.29) is 5.54 Å². The van der Waals surface area contributed by atoms with Crippen LogP contribution in [0.5, 0.6) is 5.75 Å². The number of benzene rings is 1. The highest BCUT2D eigenvalue weighted by atomic mass is 32.1. The van der Waals surface area contributed by atoms with Gasteiger partial charge in [0.25, 0.3) is 0 Å². The molecule has 0 aliphatic carbocycles. The van der Waals surface area contributed by atoms with Gasteiger partial charge in [0.1, 0.15) is 17.6 Å². The fraction of sp³-hybridized carbons (Fsp3) is 0.364. The summed E-state index contributed by atoms with van der Waals surface area (Å²) in [5.41, 5.74) is 16.7. The van der Waals surface area contributed by atoms with Gasteiger partial charge in [-0.3, -0.25) is 4.90 Å². The second-order valence-corrected chi connectivity index (χ2v) is 9.62. The van der Waals surface area contributed by atoms with E-state index in [1.807, 2.05) is 4.52 Å². The number of thiophene rings is 1. The predicted octanol–water partition coefficient (Wildman–Crippen LogP) is 3.43. The van der Waals surface area contributed by atoms with Gasteiger partial charge in [-0.1, -0.05) is 6.07 Å². The molecule has 156 valence electrons. The Bertz CT molecular complexity index is 1260. The Morgan fingerprint density at radius 3 is 2.83 bits per heavy atom. The number of nitrogens with zero attached hydrogens (tertiary/aromatic N) is 4. The third kappa shape index (κ3) is 3.21. The number of nitrogen functional groups attached to an aromatic ring is 1. The zero-order valence-electron chi connectivity index (χ0n) is 17.5. The Morgan fingerprint density at radius 2 is 2.10 bits per heavy atom. The van der Waals surface area contributed by atoms with Crippen LogP contribution in [0.25, 0.3) is 26.0 Å². The highest BCUT2D eigenvalue weighted by Gasteiger charge is 2.30. The molecule has 1 aliphatic heterocycles. The van der Waals surface area contributed by atoms with Crippen molar-refractivity contribution in [2.24, 2.45) is 5.73 Å². The van der Waals surface area contributed by atoms with E-state index in [4.69, 9.17) is 16.2 Å². The molecule has 0 saturated carbocycles. The molecule has 30 heavy (non-hydrogen) atoms. The summed E-state index contributed by atoms with van der Waals surface area (Å²) in [7, 11) is 1.71. The molecule has 3 aromatic heterocycles. The number of nitrogens with two attached hydrogens (primary N) is 2. The number of aromatic nitrogens is 3. The molecule has 4 N–H and O–H groups in total. The highest BCUT2D eigenvalue weighted by molar-refractivity contribution is 7.22. The number of ether oxygens (including phenoxy) is 1. The van der Waals surface area contributed by atoms with Crippen LogP contribution in [-0.2, 0) is 6.54 Å². The van der Waals surface area contributed by atoms with Crippen molar-refractivity contribution in [1.29, 1.82) is 0 Å². The summed E-state index contributed by atoms with van der Waals surface area (Å²) in [5.74, 6) is 1.38. The van der Waals surface area contributed by atoms with Crippen LogP contribution in [0.15, 0.2) is 30.6 Å². The van der Waals surface area contributed by atoms with Crippen LogP contribution >= 0.6 is 11.3 Å². The molecule has 1 atom stereocenters. The van der Waals surface area contributed by atoms with E-state index in [0.29, 0.717) is 5.82 Å². The number of methoxy groups -OCH3 is 1. The summed E-state index contributed by atoms with van der Waals surface area (Å²) >= 11 is 1.71. The van der Waals surface area contributed by atoms with E-state index in [0.717, 1.165) is 58.2 Å². The van der Waals surface area contributed by atoms with Gasteiger partial charge in [-0.2, -0.15) is 5.10 Å². The number of hydrogen-bond donors (Lipinski definition) is 2. The molecule has 1 aliphatic rings. The van der Waals surface area contributed by atoms with Gasteiger partial charge >= 0.3 is 0 Å². The summed E-state index contributed by atoms with van der Waals surface area (Å²) in [6.45, 7) is 6.82. The first-order valence-electron chi connectivity index (χ1n) is 10.1.